The molecule has 88 valence electrons. The Labute approximate surface area is 96.1 Å². The summed E-state index contributed by atoms with van der Waals surface area (Å²) >= 11 is 0. The fraction of sp³-hybridized carbons (Fsp3) is 0.462. The summed E-state index contributed by atoms with van der Waals surface area (Å²) in [5.74, 6) is -0.107. The van der Waals surface area contributed by atoms with E-state index < -0.39 is 5.97 Å². The number of hydrogen-bond donors (Lipinski definition) is 1. The van der Waals surface area contributed by atoms with Gasteiger partial charge in [-0.3, -0.25) is 0 Å². The third-order valence-corrected chi connectivity index (χ3v) is 2.63. The number of ether oxygens (including phenoxy) is 1. The zero-order valence-corrected chi connectivity index (χ0v) is 10.4. The van der Waals surface area contributed by atoms with Crippen LogP contribution in [-0.2, 0) is 0 Å². The Hall–Kier alpha value is -1.51. The van der Waals surface area contributed by atoms with Gasteiger partial charge >= 0.3 is 5.97 Å². The van der Waals surface area contributed by atoms with Crippen LogP contribution in [0, 0.1) is 20.8 Å². The molecule has 0 heterocycles. The molecule has 0 saturated carbocycles. The van der Waals surface area contributed by atoms with Gasteiger partial charge in [-0.15, -0.1) is 0 Å². The van der Waals surface area contributed by atoms with Crippen LogP contribution in [0.4, 0.5) is 0 Å². The Bertz CT molecular complexity index is 420. The smallest absolute Gasteiger partial charge is 0.336 e. The maximum Gasteiger partial charge on any atom is 0.336 e. The molecule has 0 aliphatic carbocycles. The molecule has 0 radical (unpaired) electrons. The lowest BCUT2D eigenvalue weighted by Gasteiger charge is -2.17. The highest BCUT2D eigenvalue weighted by Gasteiger charge is 2.16. The second-order valence-corrected chi connectivity index (χ2v) is 4.29. The maximum atomic E-state index is 11.1. The van der Waals surface area contributed by atoms with Crippen molar-refractivity contribution < 1.29 is 14.6 Å². The first kappa shape index (κ1) is 12.6. The Kier molecular flexibility index (Phi) is 3.58. The quantitative estimate of drug-likeness (QED) is 0.854. The lowest BCUT2D eigenvalue weighted by molar-refractivity contribution is 0.0695. The van der Waals surface area contributed by atoms with Gasteiger partial charge in [0.1, 0.15) is 5.75 Å². The fourth-order valence-corrected chi connectivity index (χ4v) is 1.75. The summed E-state index contributed by atoms with van der Waals surface area (Å²) in [6, 6.07) is 1.80. The van der Waals surface area contributed by atoms with Crippen LogP contribution < -0.4 is 4.74 Å². The molecule has 3 nitrogen and oxygen atoms in total. The fourth-order valence-electron chi connectivity index (χ4n) is 1.75. The van der Waals surface area contributed by atoms with Crippen molar-refractivity contribution in [2.24, 2.45) is 0 Å². The van der Waals surface area contributed by atoms with Gasteiger partial charge in [-0.2, -0.15) is 0 Å². The number of hydrogen-bond acceptors (Lipinski definition) is 2. The van der Waals surface area contributed by atoms with Crippen molar-refractivity contribution in [1.29, 1.82) is 0 Å². The summed E-state index contributed by atoms with van der Waals surface area (Å²) < 4.78 is 5.65. The third kappa shape index (κ3) is 2.35. The molecule has 3 heteroatoms. The average molecular weight is 222 g/mol. The molecule has 0 saturated heterocycles. The predicted molar refractivity (Wildman–Crippen MR) is 63.4 cm³/mol. The predicted octanol–water partition coefficient (Wildman–Crippen LogP) is 3.10. The Morgan fingerprint density at radius 1 is 1.25 bits per heavy atom. The second kappa shape index (κ2) is 4.56. The normalized spacial score (nSPS) is 10.6. The van der Waals surface area contributed by atoms with Gasteiger partial charge < -0.3 is 9.84 Å². The first-order valence-corrected chi connectivity index (χ1v) is 5.35. The van der Waals surface area contributed by atoms with E-state index in [4.69, 9.17) is 9.84 Å². The van der Waals surface area contributed by atoms with Gasteiger partial charge in [0.25, 0.3) is 0 Å². The first-order chi connectivity index (χ1) is 7.34. The van der Waals surface area contributed by atoms with Gasteiger partial charge in [-0.1, -0.05) is 0 Å². The van der Waals surface area contributed by atoms with Crippen molar-refractivity contribution >= 4 is 5.97 Å². The minimum Gasteiger partial charge on any atom is -0.491 e. The summed E-state index contributed by atoms with van der Waals surface area (Å²) in [6.07, 6.45) is 0.0909. The number of carbonyl (C=O) groups is 1. The lowest BCUT2D eigenvalue weighted by Crippen LogP contribution is -2.10. The molecule has 16 heavy (non-hydrogen) atoms. The molecule has 0 spiro atoms. The van der Waals surface area contributed by atoms with E-state index in [1.807, 2.05) is 27.7 Å². The Balaban J connectivity index is 3.33. The van der Waals surface area contributed by atoms with Gasteiger partial charge in [-0.05, 0) is 57.4 Å². The van der Waals surface area contributed by atoms with Crippen LogP contribution in [0.3, 0.4) is 0 Å². The second-order valence-electron chi connectivity index (χ2n) is 4.29. The van der Waals surface area contributed by atoms with Crippen molar-refractivity contribution in [3.63, 3.8) is 0 Å². The summed E-state index contributed by atoms with van der Waals surface area (Å²) in [5.41, 5.74) is 2.81. The van der Waals surface area contributed by atoms with Crippen molar-refractivity contribution in [3.05, 3.63) is 28.3 Å². The number of aromatic carboxylic acids is 1. The summed E-state index contributed by atoms with van der Waals surface area (Å²) in [7, 11) is 0. The Morgan fingerprint density at radius 3 is 2.25 bits per heavy atom. The van der Waals surface area contributed by atoms with Gasteiger partial charge in [0.05, 0.1) is 11.7 Å². The highest BCUT2D eigenvalue weighted by atomic mass is 16.5. The SMILES string of the molecule is Cc1cc(OC(C)C)c(C)c(C)c1C(=O)O. The van der Waals surface area contributed by atoms with E-state index in [-0.39, 0.29) is 6.10 Å². The minimum absolute atomic E-state index is 0.0909. The monoisotopic (exact) mass is 222 g/mol. The number of aryl methyl sites for hydroxylation is 1. The molecule has 0 bridgehead atoms. The van der Waals surface area contributed by atoms with E-state index in [2.05, 4.69) is 0 Å². The van der Waals surface area contributed by atoms with Gasteiger partial charge in [0.2, 0.25) is 0 Å². The van der Waals surface area contributed by atoms with Crippen molar-refractivity contribution in [3.8, 4) is 5.75 Å². The molecular formula is C13H18O3. The van der Waals surface area contributed by atoms with Crippen molar-refractivity contribution in [1.82, 2.24) is 0 Å². The van der Waals surface area contributed by atoms with E-state index in [0.717, 1.165) is 22.4 Å². The molecular weight excluding hydrogens is 204 g/mol. The van der Waals surface area contributed by atoms with Gasteiger partial charge in [0.15, 0.2) is 0 Å². The van der Waals surface area contributed by atoms with Gasteiger partial charge in [-0.25, -0.2) is 4.79 Å². The van der Waals surface area contributed by atoms with E-state index >= 15 is 0 Å². The molecule has 0 aliphatic rings. The topological polar surface area (TPSA) is 46.5 Å². The largest absolute Gasteiger partial charge is 0.491 e. The van der Waals surface area contributed by atoms with E-state index in [0.29, 0.717) is 5.56 Å². The number of carboxylic acid groups (broad SMARTS) is 1. The first-order valence-electron chi connectivity index (χ1n) is 5.35. The summed E-state index contributed by atoms with van der Waals surface area (Å²) in [6.45, 7) is 9.41. The number of rotatable bonds is 3. The zero-order valence-electron chi connectivity index (χ0n) is 10.4. The standard InChI is InChI=1S/C13H18O3/c1-7(2)16-11-6-8(3)12(13(14)15)10(5)9(11)4/h6-7H,1-5H3,(H,14,15). The summed E-state index contributed by atoms with van der Waals surface area (Å²) in [4.78, 5) is 11.1. The molecule has 0 fully saturated rings. The van der Waals surface area contributed by atoms with E-state index in [1.54, 1.807) is 13.0 Å². The molecule has 0 amide bonds. The molecule has 1 rings (SSSR count). The molecule has 0 unspecified atom stereocenters. The maximum absolute atomic E-state index is 11.1. The molecule has 1 N–H and O–H groups in total. The number of benzene rings is 1. The molecule has 0 aliphatic heterocycles. The van der Waals surface area contributed by atoms with E-state index in [9.17, 15) is 4.79 Å². The Morgan fingerprint density at radius 2 is 1.81 bits per heavy atom. The van der Waals surface area contributed by atoms with Crippen LogP contribution >= 0.6 is 0 Å². The highest BCUT2D eigenvalue weighted by molar-refractivity contribution is 5.91. The minimum atomic E-state index is -0.880. The average Bonchev–Trinajstić information content (AvgIpc) is 2.12. The molecule has 0 atom stereocenters. The van der Waals surface area contributed by atoms with Crippen LogP contribution in [0.1, 0.15) is 40.9 Å². The van der Waals surface area contributed by atoms with Crippen LogP contribution in [-0.4, -0.2) is 17.2 Å². The van der Waals surface area contributed by atoms with Gasteiger partial charge in [0, 0.05) is 0 Å². The molecule has 1 aromatic rings. The van der Waals surface area contributed by atoms with Crippen molar-refractivity contribution in [2.45, 2.75) is 40.7 Å². The van der Waals surface area contributed by atoms with Crippen LogP contribution in [0.15, 0.2) is 6.07 Å². The third-order valence-electron chi connectivity index (χ3n) is 2.63. The number of carboxylic acids is 1. The zero-order chi connectivity index (χ0) is 12.5. The summed E-state index contributed by atoms with van der Waals surface area (Å²) in [5, 5.41) is 9.10. The highest BCUT2D eigenvalue weighted by Crippen LogP contribution is 2.28. The molecule has 0 aromatic heterocycles. The van der Waals surface area contributed by atoms with Crippen LogP contribution in [0.25, 0.3) is 0 Å². The van der Waals surface area contributed by atoms with Crippen molar-refractivity contribution in [2.75, 3.05) is 0 Å². The van der Waals surface area contributed by atoms with Crippen LogP contribution in [0.5, 0.6) is 5.75 Å². The van der Waals surface area contributed by atoms with E-state index in [1.165, 1.54) is 0 Å². The molecule has 1 aromatic carbocycles. The lowest BCUT2D eigenvalue weighted by atomic mass is 9.97. The van der Waals surface area contributed by atoms with Crippen LogP contribution in [0.2, 0.25) is 0 Å².